The fourth-order valence-electron chi connectivity index (χ4n) is 4.12. The Labute approximate surface area is 173 Å². The van der Waals surface area contributed by atoms with Gasteiger partial charge in [0, 0.05) is 6.20 Å². The number of nitrogens with zero attached hydrogens (tertiary/aromatic N) is 5. The number of pyridine rings is 1. The fraction of sp³-hybridized carbons (Fsp3) is 0.417. The molecule has 150 valence electrons. The van der Waals surface area contributed by atoms with Crippen LogP contribution in [0, 0.1) is 11.8 Å². The molecule has 5 heteroatoms. The summed E-state index contributed by atoms with van der Waals surface area (Å²) in [5.74, 6) is 7.63. The molecule has 0 aliphatic heterocycles. The van der Waals surface area contributed by atoms with Gasteiger partial charge in [0.2, 0.25) is 0 Å². The number of aryl methyl sites for hydroxylation is 1. The summed E-state index contributed by atoms with van der Waals surface area (Å²) in [5, 5.41) is 0. The van der Waals surface area contributed by atoms with Gasteiger partial charge >= 0.3 is 0 Å². The van der Waals surface area contributed by atoms with E-state index in [0.29, 0.717) is 12.6 Å². The fourth-order valence-corrected chi connectivity index (χ4v) is 4.12. The third kappa shape index (κ3) is 4.34. The summed E-state index contributed by atoms with van der Waals surface area (Å²) >= 11 is 0. The predicted octanol–water partition coefficient (Wildman–Crippen LogP) is 3.51. The van der Waals surface area contributed by atoms with Crippen LogP contribution in [0.15, 0.2) is 42.6 Å². The highest BCUT2D eigenvalue weighted by atomic mass is 15.2. The second kappa shape index (κ2) is 8.77. The molecule has 0 fully saturated rings. The molecule has 0 saturated heterocycles. The van der Waals surface area contributed by atoms with E-state index in [1.54, 1.807) is 0 Å². The van der Waals surface area contributed by atoms with Gasteiger partial charge in [0.25, 0.3) is 0 Å². The van der Waals surface area contributed by atoms with Crippen LogP contribution in [0.25, 0.3) is 11.0 Å². The highest BCUT2D eigenvalue weighted by Crippen LogP contribution is 2.32. The molecule has 4 rings (SSSR count). The lowest BCUT2D eigenvalue weighted by Crippen LogP contribution is -2.29. The Bertz CT molecular complexity index is 1040. The zero-order chi connectivity index (χ0) is 20.2. The highest BCUT2D eigenvalue weighted by molar-refractivity contribution is 5.76. The second-order valence-electron chi connectivity index (χ2n) is 8.07. The van der Waals surface area contributed by atoms with Gasteiger partial charge in [0.05, 0.1) is 42.4 Å². The van der Waals surface area contributed by atoms with Crippen molar-refractivity contribution in [3.05, 3.63) is 59.7 Å². The normalized spacial score (nSPS) is 16.1. The molecule has 1 aliphatic carbocycles. The van der Waals surface area contributed by atoms with Crippen LogP contribution in [0.5, 0.6) is 0 Å². The third-order valence-corrected chi connectivity index (χ3v) is 5.58. The van der Waals surface area contributed by atoms with Crippen LogP contribution < -0.4 is 0 Å². The van der Waals surface area contributed by atoms with E-state index >= 15 is 0 Å². The maximum absolute atomic E-state index is 4.94. The standard InChI is InChI=1S/C24H29N5/c1-27(2)16-6-7-17-29-21-13-5-4-12-20(21)26-23(29)18-28(3)22-14-8-10-19-11-9-15-25-24(19)22/h4-5,9,11-13,15,22H,8,10,14,16-18H2,1-3H3. The molecule has 1 aromatic carbocycles. The van der Waals surface area contributed by atoms with Crippen LogP contribution >= 0.6 is 0 Å². The van der Waals surface area contributed by atoms with Gasteiger partial charge in [-0.15, -0.1) is 0 Å². The molecular weight excluding hydrogens is 358 g/mol. The van der Waals surface area contributed by atoms with Gasteiger partial charge in [0.15, 0.2) is 0 Å². The summed E-state index contributed by atoms with van der Waals surface area (Å²) in [5.41, 5.74) is 4.80. The summed E-state index contributed by atoms with van der Waals surface area (Å²) in [6, 6.07) is 12.9. The monoisotopic (exact) mass is 387 g/mol. The Balaban J connectivity index is 1.60. The molecule has 2 aromatic heterocycles. The lowest BCUT2D eigenvalue weighted by molar-refractivity contribution is 0.202. The Hall–Kier alpha value is -2.68. The smallest absolute Gasteiger partial charge is 0.124 e. The molecule has 2 heterocycles. The lowest BCUT2D eigenvalue weighted by Gasteiger charge is -2.32. The molecule has 0 saturated carbocycles. The molecule has 0 amide bonds. The summed E-state index contributed by atoms with van der Waals surface area (Å²) in [6.07, 6.45) is 5.40. The van der Waals surface area contributed by atoms with Crippen LogP contribution in [-0.2, 0) is 19.5 Å². The number of hydrogen-bond donors (Lipinski definition) is 0. The Morgan fingerprint density at radius 3 is 2.83 bits per heavy atom. The Morgan fingerprint density at radius 2 is 1.97 bits per heavy atom. The third-order valence-electron chi connectivity index (χ3n) is 5.58. The van der Waals surface area contributed by atoms with Crippen molar-refractivity contribution >= 4 is 11.0 Å². The summed E-state index contributed by atoms with van der Waals surface area (Å²) in [7, 11) is 6.27. The van der Waals surface area contributed by atoms with Crippen LogP contribution in [0.3, 0.4) is 0 Å². The molecule has 3 aromatic rings. The summed E-state index contributed by atoms with van der Waals surface area (Å²) in [4.78, 5) is 14.1. The highest BCUT2D eigenvalue weighted by Gasteiger charge is 2.26. The molecule has 0 bridgehead atoms. The van der Waals surface area contributed by atoms with Crippen molar-refractivity contribution < 1.29 is 0 Å². The van der Waals surface area contributed by atoms with Crippen molar-refractivity contribution in [2.45, 2.75) is 38.4 Å². The summed E-state index contributed by atoms with van der Waals surface area (Å²) < 4.78 is 2.26. The van der Waals surface area contributed by atoms with Crippen molar-refractivity contribution in [1.82, 2.24) is 24.3 Å². The lowest BCUT2D eigenvalue weighted by atomic mass is 9.91. The topological polar surface area (TPSA) is 37.2 Å². The second-order valence-corrected chi connectivity index (χ2v) is 8.07. The number of benzene rings is 1. The van der Waals surface area contributed by atoms with E-state index in [2.05, 4.69) is 57.5 Å². The quantitative estimate of drug-likeness (QED) is 0.628. The van der Waals surface area contributed by atoms with Gasteiger partial charge in [-0.05, 0) is 64.2 Å². The van der Waals surface area contributed by atoms with Gasteiger partial charge < -0.3 is 4.57 Å². The van der Waals surface area contributed by atoms with Crippen molar-refractivity contribution in [3.63, 3.8) is 0 Å². The molecule has 1 unspecified atom stereocenters. The largest absolute Gasteiger partial charge is 0.315 e. The zero-order valence-corrected chi connectivity index (χ0v) is 17.6. The zero-order valence-electron chi connectivity index (χ0n) is 17.6. The van der Waals surface area contributed by atoms with E-state index in [-0.39, 0.29) is 0 Å². The van der Waals surface area contributed by atoms with Gasteiger partial charge in [-0.1, -0.05) is 30.0 Å². The molecule has 29 heavy (non-hydrogen) atoms. The van der Waals surface area contributed by atoms with Crippen LogP contribution in [0.4, 0.5) is 0 Å². The van der Waals surface area contributed by atoms with E-state index in [0.717, 1.165) is 42.8 Å². The summed E-state index contributed by atoms with van der Waals surface area (Å²) in [6.45, 7) is 2.22. The average molecular weight is 388 g/mol. The van der Waals surface area contributed by atoms with E-state index in [9.17, 15) is 0 Å². The SMILES string of the molecule is CN(C)CC#CCn1c(CN(C)C2CCCc3cccnc32)nc2ccccc21. The molecule has 0 spiro atoms. The van der Waals surface area contributed by atoms with Gasteiger partial charge in [-0.3, -0.25) is 14.8 Å². The minimum absolute atomic E-state index is 0.341. The first kappa shape index (κ1) is 19.6. The molecule has 0 N–H and O–H groups in total. The molecule has 1 aliphatic rings. The van der Waals surface area contributed by atoms with Crippen molar-refractivity contribution in [3.8, 4) is 11.8 Å². The first-order valence-corrected chi connectivity index (χ1v) is 10.3. The number of imidazole rings is 1. The number of para-hydroxylation sites is 2. The minimum atomic E-state index is 0.341. The number of hydrogen-bond acceptors (Lipinski definition) is 4. The first-order valence-electron chi connectivity index (χ1n) is 10.3. The molecular formula is C24H29N5. The number of rotatable bonds is 5. The van der Waals surface area contributed by atoms with Crippen LogP contribution in [0.2, 0.25) is 0 Å². The van der Waals surface area contributed by atoms with E-state index < -0.39 is 0 Å². The predicted molar refractivity (Wildman–Crippen MR) is 117 cm³/mol. The maximum atomic E-state index is 4.94. The first-order chi connectivity index (χ1) is 14.1. The van der Waals surface area contributed by atoms with Crippen molar-refractivity contribution in [1.29, 1.82) is 0 Å². The van der Waals surface area contributed by atoms with Gasteiger partial charge in [-0.2, -0.15) is 0 Å². The maximum Gasteiger partial charge on any atom is 0.124 e. The number of aromatic nitrogens is 3. The van der Waals surface area contributed by atoms with E-state index in [1.165, 1.54) is 17.7 Å². The van der Waals surface area contributed by atoms with Gasteiger partial charge in [0.1, 0.15) is 5.82 Å². The number of fused-ring (bicyclic) bond motifs is 2. The Kier molecular flexibility index (Phi) is 5.94. The molecule has 0 radical (unpaired) electrons. The average Bonchev–Trinajstić information content (AvgIpc) is 3.07. The van der Waals surface area contributed by atoms with E-state index in [1.807, 2.05) is 32.4 Å². The molecule has 5 nitrogen and oxygen atoms in total. The van der Waals surface area contributed by atoms with Gasteiger partial charge in [-0.25, -0.2) is 4.98 Å². The minimum Gasteiger partial charge on any atom is -0.315 e. The van der Waals surface area contributed by atoms with Crippen molar-refractivity contribution in [2.24, 2.45) is 0 Å². The van der Waals surface area contributed by atoms with Crippen LogP contribution in [-0.4, -0.2) is 52.0 Å². The Morgan fingerprint density at radius 1 is 1.10 bits per heavy atom. The van der Waals surface area contributed by atoms with Crippen molar-refractivity contribution in [2.75, 3.05) is 27.7 Å². The molecule has 1 atom stereocenters. The van der Waals surface area contributed by atoms with Crippen LogP contribution in [0.1, 0.15) is 36.0 Å². The van der Waals surface area contributed by atoms with E-state index in [4.69, 9.17) is 9.97 Å².